The summed E-state index contributed by atoms with van der Waals surface area (Å²) < 4.78 is 6.96. The Bertz CT molecular complexity index is 775. The Morgan fingerprint density at radius 1 is 1.35 bits per heavy atom. The molecule has 2 aromatic heterocycles. The molecule has 2 heterocycles. The topological polar surface area (TPSA) is 91.4 Å². The van der Waals surface area contributed by atoms with Crippen molar-refractivity contribution in [1.29, 1.82) is 0 Å². The summed E-state index contributed by atoms with van der Waals surface area (Å²) in [4.78, 5) is 34.2. The minimum Gasteiger partial charge on any atom is -0.453 e. The molecule has 122 valence electrons. The molecule has 0 saturated heterocycles. The van der Waals surface area contributed by atoms with Gasteiger partial charge in [-0.1, -0.05) is 11.3 Å². The normalized spacial score (nSPS) is 10.6. The first-order valence-corrected chi connectivity index (χ1v) is 7.78. The predicted octanol–water partition coefficient (Wildman–Crippen LogP) is 3.13. The van der Waals surface area contributed by atoms with Crippen LogP contribution in [0.5, 0.6) is 0 Å². The van der Waals surface area contributed by atoms with E-state index < -0.39 is 17.5 Å². The second kappa shape index (κ2) is 6.74. The van der Waals surface area contributed by atoms with Crippen molar-refractivity contribution in [3.05, 3.63) is 50.1 Å². The van der Waals surface area contributed by atoms with Gasteiger partial charge in [0.2, 0.25) is 5.78 Å². The number of aryl methyl sites for hydroxylation is 1. The standard InChI is InChI=1S/C15H16N2O5S/c1-4-16-9(2)7-11(10(16)3)12(18)8-22-15(19)13-5-6-14(23-13)17(20)21/h5-7H,4,8H2,1-3H3. The fourth-order valence-electron chi connectivity index (χ4n) is 2.39. The number of carbonyl (C=O) groups excluding carboxylic acids is 2. The van der Waals surface area contributed by atoms with Crippen LogP contribution in [0.25, 0.3) is 0 Å². The molecule has 0 aliphatic carbocycles. The second-order valence-corrected chi connectivity index (χ2v) is 5.99. The fraction of sp³-hybridized carbons (Fsp3) is 0.333. The molecule has 7 nitrogen and oxygen atoms in total. The molecular weight excluding hydrogens is 320 g/mol. The van der Waals surface area contributed by atoms with Crippen LogP contribution in [0.1, 0.15) is 38.3 Å². The van der Waals surface area contributed by atoms with Gasteiger partial charge in [-0.05, 0) is 32.9 Å². The Hall–Kier alpha value is -2.48. The smallest absolute Gasteiger partial charge is 0.349 e. The van der Waals surface area contributed by atoms with Gasteiger partial charge in [0, 0.05) is 29.6 Å². The summed E-state index contributed by atoms with van der Waals surface area (Å²) in [5.41, 5.74) is 2.32. The second-order valence-electron chi connectivity index (χ2n) is 4.92. The van der Waals surface area contributed by atoms with Gasteiger partial charge < -0.3 is 9.30 Å². The maximum Gasteiger partial charge on any atom is 0.349 e. The molecule has 0 aliphatic rings. The van der Waals surface area contributed by atoms with Crippen LogP contribution in [0, 0.1) is 24.0 Å². The van der Waals surface area contributed by atoms with Gasteiger partial charge in [-0.25, -0.2) is 4.79 Å². The van der Waals surface area contributed by atoms with Crippen LogP contribution in [0.15, 0.2) is 18.2 Å². The Labute approximate surface area is 136 Å². The lowest BCUT2D eigenvalue weighted by Gasteiger charge is -2.06. The van der Waals surface area contributed by atoms with E-state index in [4.69, 9.17) is 4.74 Å². The van der Waals surface area contributed by atoms with Crippen LogP contribution >= 0.6 is 11.3 Å². The number of Topliss-reactive ketones (excluding diaryl/α,β-unsaturated/α-hetero) is 1. The van der Waals surface area contributed by atoms with Gasteiger partial charge in [0.05, 0.1) is 4.92 Å². The molecule has 0 radical (unpaired) electrons. The van der Waals surface area contributed by atoms with Crippen LogP contribution < -0.4 is 0 Å². The summed E-state index contributed by atoms with van der Waals surface area (Å²) in [6.07, 6.45) is 0. The van der Waals surface area contributed by atoms with E-state index in [0.29, 0.717) is 5.56 Å². The van der Waals surface area contributed by atoms with Crippen molar-refractivity contribution in [3.8, 4) is 0 Å². The van der Waals surface area contributed by atoms with E-state index >= 15 is 0 Å². The molecule has 0 bridgehead atoms. The van der Waals surface area contributed by atoms with Gasteiger partial charge in [-0.2, -0.15) is 0 Å². The maximum absolute atomic E-state index is 12.2. The quantitative estimate of drug-likeness (QED) is 0.350. The molecular formula is C15H16N2O5S. The summed E-state index contributed by atoms with van der Waals surface area (Å²) in [6.45, 7) is 6.10. The predicted molar refractivity (Wildman–Crippen MR) is 85.2 cm³/mol. The molecule has 0 atom stereocenters. The first-order chi connectivity index (χ1) is 10.8. The Morgan fingerprint density at radius 3 is 2.57 bits per heavy atom. The zero-order chi connectivity index (χ0) is 17.1. The van der Waals surface area contributed by atoms with E-state index in [1.54, 1.807) is 6.07 Å². The number of ketones is 1. The first kappa shape index (κ1) is 16.9. The largest absolute Gasteiger partial charge is 0.453 e. The molecule has 2 rings (SSSR count). The van der Waals surface area contributed by atoms with Crippen molar-refractivity contribution in [2.45, 2.75) is 27.3 Å². The van der Waals surface area contributed by atoms with Crippen molar-refractivity contribution in [2.75, 3.05) is 6.61 Å². The molecule has 0 aliphatic heterocycles. The average Bonchev–Trinajstić information content (AvgIpc) is 3.10. The highest BCUT2D eigenvalue weighted by molar-refractivity contribution is 7.17. The molecule has 2 aromatic rings. The molecule has 0 saturated carbocycles. The molecule has 23 heavy (non-hydrogen) atoms. The SMILES string of the molecule is CCn1c(C)cc(C(=O)COC(=O)c2ccc([N+](=O)[O-])s2)c1C. The number of ether oxygens (including phenoxy) is 1. The fourth-order valence-corrected chi connectivity index (χ4v) is 3.10. The average molecular weight is 336 g/mol. The van der Waals surface area contributed by atoms with Crippen LogP contribution in [0.2, 0.25) is 0 Å². The molecule has 0 amide bonds. The minimum absolute atomic E-state index is 0.100. The van der Waals surface area contributed by atoms with E-state index in [1.807, 2.05) is 25.3 Å². The van der Waals surface area contributed by atoms with E-state index in [2.05, 4.69) is 0 Å². The Morgan fingerprint density at radius 2 is 2.04 bits per heavy atom. The zero-order valence-corrected chi connectivity index (χ0v) is 13.8. The third-order valence-electron chi connectivity index (χ3n) is 3.50. The highest BCUT2D eigenvalue weighted by Crippen LogP contribution is 2.24. The number of rotatable bonds is 6. The maximum atomic E-state index is 12.2. The van der Waals surface area contributed by atoms with Crippen molar-refractivity contribution in [1.82, 2.24) is 4.57 Å². The number of nitrogens with zero attached hydrogens (tertiary/aromatic N) is 2. The number of nitro groups is 1. The number of thiophene rings is 1. The van der Waals surface area contributed by atoms with Gasteiger partial charge in [-0.15, -0.1) is 0 Å². The summed E-state index contributed by atoms with van der Waals surface area (Å²) in [5, 5.41) is 10.5. The zero-order valence-electron chi connectivity index (χ0n) is 13.0. The van der Waals surface area contributed by atoms with Gasteiger partial charge >= 0.3 is 11.0 Å². The summed E-state index contributed by atoms with van der Waals surface area (Å²) >= 11 is 0.721. The number of hydrogen-bond acceptors (Lipinski definition) is 6. The van der Waals surface area contributed by atoms with Crippen molar-refractivity contribution in [2.24, 2.45) is 0 Å². The van der Waals surface area contributed by atoms with Crippen LogP contribution in [0.3, 0.4) is 0 Å². The number of hydrogen-bond donors (Lipinski definition) is 0. The Balaban J connectivity index is 2.04. The van der Waals surface area contributed by atoms with Crippen molar-refractivity contribution >= 4 is 28.1 Å². The summed E-state index contributed by atoms with van der Waals surface area (Å²) in [5.74, 6) is -1.03. The monoisotopic (exact) mass is 336 g/mol. The number of aromatic nitrogens is 1. The summed E-state index contributed by atoms with van der Waals surface area (Å²) in [6, 6.07) is 4.32. The van der Waals surface area contributed by atoms with Crippen LogP contribution in [-0.2, 0) is 11.3 Å². The lowest BCUT2D eigenvalue weighted by molar-refractivity contribution is -0.380. The van der Waals surface area contributed by atoms with Crippen LogP contribution in [-0.4, -0.2) is 27.8 Å². The minimum atomic E-state index is -0.735. The van der Waals surface area contributed by atoms with E-state index in [9.17, 15) is 19.7 Å². The molecule has 0 aromatic carbocycles. The van der Waals surface area contributed by atoms with Crippen molar-refractivity contribution in [3.63, 3.8) is 0 Å². The molecule has 0 unspecified atom stereocenters. The van der Waals surface area contributed by atoms with Gasteiger partial charge in [0.1, 0.15) is 4.88 Å². The molecule has 0 fully saturated rings. The number of carbonyl (C=O) groups is 2. The highest BCUT2D eigenvalue weighted by atomic mass is 32.1. The third kappa shape index (κ3) is 3.48. The van der Waals surface area contributed by atoms with Gasteiger partial charge in [-0.3, -0.25) is 14.9 Å². The highest BCUT2D eigenvalue weighted by Gasteiger charge is 2.20. The van der Waals surface area contributed by atoms with E-state index in [0.717, 1.165) is 29.3 Å². The van der Waals surface area contributed by atoms with Crippen molar-refractivity contribution < 1.29 is 19.2 Å². The number of esters is 1. The Kier molecular flexibility index (Phi) is 4.95. The third-order valence-corrected chi connectivity index (χ3v) is 4.51. The lowest BCUT2D eigenvalue weighted by Crippen LogP contribution is -2.14. The molecule has 0 N–H and O–H groups in total. The lowest BCUT2D eigenvalue weighted by atomic mass is 10.1. The van der Waals surface area contributed by atoms with Gasteiger partial charge in [0.25, 0.3) is 0 Å². The van der Waals surface area contributed by atoms with E-state index in [-0.39, 0.29) is 15.7 Å². The summed E-state index contributed by atoms with van der Waals surface area (Å²) in [7, 11) is 0. The van der Waals surface area contributed by atoms with E-state index in [1.165, 1.54) is 12.1 Å². The molecule has 8 heteroatoms. The first-order valence-electron chi connectivity index (χ1n) is 6.96. The van der Waals surface area contributed by atoms with Gasteiger partial charge in [0.15, 0.2) is 6.61 Å². The van der Waals surface area contributed by atoms with Crippen LogP contribution in [0.4, 0.5) is 5.00 Å². The molecule has 0 spiro atoms.